The second-order valence-corrected chi connectivity index (χ2v) is 6.52. The van der Waals surface area contributed by atoms with Crippen molar-refractivity contribution in [3.8, 4) is 0 Å². The van der Waals surface area contributed by atoms with Crippen LogP contribution in [0.25, 0.3) is 5.52 Å². The molecule has 1 unspecified atom stereocenters. The van der Waals surface area contributed by atoms with Gasteiger partial charge in [0, 0.05) is 31.5 Å². The van der Waals surface area contributed by atoms with Gasteiger partial charge in [0.25, 0.3) is 5.91 Å². The van der Waals surface area contributed by atoms with Crippen LogP contribution in [0, 0.1) is 0 Å². The van der Waals surface area contributed by atoms with Crippen molar-refractivity contribution in [1.29, 1.82) is 0 Å². The van der Waals surface area contributed by atoms with Crippen LogP contribution in [0.15, 0.2) is 54.9 Å². The Kier molecular flexibility index (Phi) is 3.89. The monoisotopic (exact) mass is 335 g/mol. The van der Waals surface area contributed by atoms with E-state index in [-0.39, 0.29) is 6.04 Å². The average molecular weight is 335 g/mol. The molecule has 3 aromatic rings. The van der Waals surface area contributed by atoms with Crippen molar-refractivity contribution in [2.75, 3.05) is 31.6 Å². The normalized spacial score (nSPS) is 18.6. The standard InChI is InChI=1S/C19H21N5O/c1-22-9-10-23(18(13-22)14-5-3-2-4-6-14)15-7-8-24-17(11-15)16(12-21-24)19(20)25/h2-8,11-12,18H,9-10,13H2,1H3,(H2,20,25). The lowest BCUT2D eigenvalue weighted by Gasteiger charge is -2.42. The number of benzene rings is 1. The van der Waals surface area contributed by atoms with Crippen LogP contribution >= 0.6 is 0 Å². The third kappa shape index (κ3) is 2.85. The Hall–Kier alpha value is -2.86. The number of aromatic nitrogens is 2. The predicted molar refractivity (Wildman–Crippen MR) is 97.7 cm³/mol. The number of carbonyl (C=O) groups excluding carboxylic acids is 1. The molecule has 25 heavy (non-hydrogen) atoms. The molecule has 1 aliphatic heterocycles. The van der Waals surface area contributed by atoms with Gasteiger partial charge in [0.1, 0.15) is 0 Å². The number of nitrogens with two attached hydrogens (primary N) is 1. The molecule has 1 fully saturated rings. The maximum Gasteiger partial charge on any atom is 0.252 e. The molecule has 0 saturated carbocycles. The Morgan fingerprint density at radius 1 is 1.20 bits per heavy atom. The van der Waals surface area contributed by atoms with Gasteiger partial charge >= 0.3 is 0 Å². The van der Waals surface area contributed by atoms with Gasteiger partial charge in [0.15, 0.2) is 0 Å². The van der Waals surface area contributed by atoms with Gasteiger partial charge < -0.3 is 15.5 Å². The Bertz CT molecular complexity index is 905. The molecule has 0 radical (unpaired) electrons. The van der Waals surface area contributed by atoms with E-state index in [0.29, 0.717) is 5.56 Å². The summed E-state index contributed by atoms with van der Waals surface area (Å²) >= 11 is 0. The van der Waals surface area contributed by atoms with Crippen LogP contribution in [0.1, 0.15) is 22.0 Å². The molecule has 0 spiro atoms. The zero-order valence-corrected chi connectivity index (χ0v) is 14.2. The number of carbonyl (C=O) groups is 1. The second kappa shape index (κ2) is 6.22. The molecule has 1 aromatic carbocycles. The first-order chi connectivity index (χ1) is 12.1. The van der Waals surface area contributed by atoms with Gasteiger partial charge in [0.2, 0.25) is 0 Å². The van der Waals surface area contributed by atoms with Crippen LogP contribution < -0.4 is 10.6 Å². The predicted octanol–water partition coefficient (Wildman–Crippen LogP) is 1.93. The largest absolute Gasteiger partial charge is 0.365 e. The molecular weight excluding hydrogens is 314 g/mol. The Labute approximate surface area is 146 Å². The fourth-order valence-corrected chi connectivity index (χ4v) is 3.53. The number of rotatable bonds is 3. The van der Waals surface area contributed by atoms with Crippen LogP contribution in [-0.2, 0) is 0 Å². The van der Waals surface area contributed by atoms with E-state index in [0.717, 1.165) is 30.8 Å². The van der Waals surface area contributed by atoms with Gasteiger partial charge in [-0.15, -0.1) is 0 Å². The summed E-state index contributed by atoms with van der Waals surface area (Å²) in [5.41, 5.74) is 9.04. The van der Waals surface area contributed by atoms with Gasteiger partial charge in [-0.3, -0.25) is 4.79 Å². The summed E-state index contributed by atoms with van der Waals surface area (Å²) in [6.07, 6.45) is 3.41. The topological polar surface area (TPSA) is 66.9 Å². The Morgan fingerprint density at radius 3 is 2.76 bits per heavy atom. The zero-order chi connectivity index (χ0) is 17.4. The van der Waals surface area contributed by atoms with Crippen LogP contribution in [0.4, 0.5) is 5.69 Å². The lowest BCUT2D eigenvalue weighted by atomic mass is 10.0. The average Bonchev–Trinajstić information content (AvgIpc) is 3.06. The van der Waals surface area contributed by atoms with E-state index < -0.39 is 5.91 Å². The highest BCUT2D eigenvalue weighted by molar-refractivity contribution is 5.99. The SMILES string of the molecule is CN1CCN(c2ccn3ncc(C(N)=O)c3c2)C(c2ccccc2)C1. The summed E-state index contributed by atoms with van der Waals surface area (Å²) in [6, 6.07) is 14.9. The molecule has 4 rings (SSSR count). The number of likely N-dealkylation sites (N-methyl/N-ethyl adjacent to an activating group) is 1. The third-order valence-electron chi connectivity index (χ3n) is 4.87. The van der Waals surface area contributed by atoms with E-state index in [1.807, 2.05) is 24.4 Å². The number of piperazine rings is 1. The number of nitrogens with zero attached hydrogens (tertiary/aromatic N) is 4. The summed E-state index contributed by atoms with van der Waals surface area (Å²) in [5.74, 6) is -0.454. The summed E-state index contributed by atoms with van der Waals surface area (Å²) < 4.78 is 1.69. The summed E-state index contributed by atoms with van der Waals surface area (Å²) in [5, 5.41) is 4.20. The number of hydrogen-bond donors (Lipinski definition) is 1. The van der Waals surface area contributed by atoms with Gasteiger partial charge in [-0.2, -0.15) is 5.10 Å². The highest BCUT2D eigenvalue weighted by atomic mass is 16.1. The van der Waals surface area contributed by atoms with Crippen LogP contribution in [-0.4, -0.2) is 47.1 Å². The third-order valence-corrected chi connectivity index (χ3v) is 4.87. The van der Waals surface area contributed by atoms with Crippen molar-refractivity contribution in [3.63, 3.8) is 0 Å². The van der Waals surface area contributed by atoms with Gasteiger partial charge in [-0.1, -0.05) is 30.3 Å². The van der Waals surface area contributed by atoms with Crippen molar-refractivity contribution in [3.05, 3.63) is 66.0 Å². The van der Waals surface area contributed by atoms with E-state index in [1.54, 1.807) is 4.52 Å². The van der Waals surface area contributed by atoms with Crippen molar-refractivity contribution in [2.24, 2.45) is 5.73 Å². The highest BCUT2D eigenvalue weighted by Gasteiger charge is 2.27. The Balaban J connectivity index is 1.77. The molecule has 128 valence electrons. The van der Waals surface area contributed by atoms with Crippen LogP contribution in [0.3, 0.4) is 0 Å². The summed E-state index contributed by atoms with van der Waals surface area (Å²) in [4.78, 5) is 16.4. The van der Waals surface area contributed by atoms with Crippen molar-refractivity contribution >= 4 is 17.1 Å². The minimum absolute atomic E-state index is 0.266. The molecule has 6 heteroatoms. The lowest BCUT2D eigenvalue weighted by Crippen LogP contribution is -2.47. The number of hydrogen-bond acceptors (Lipinski definition) is 4. The van der Waals surface area contributed by atoms with Gasteiger partial charge in [0.05, 0.1) is 23.3 Å². The zero-order valence-electron chi connectivity index (χ0n) is 14.2. The molecule has 2 N–H and O–H groups in total. The molecule has 1 amide bonds. The maximum atomic E-state index is 11.6. The molecule has 1 saturated heterocycles. The molecule has 0 aliphatic carbocycles. The van der Waals surface area contributed by atoms with E-state index in [1.165, 1.54) is 11.8 Å². The van der Waals surface area contributed by atoms with Gasteiger partial charge in [-0.25, -0.2) is 4.52 Å². The van der Waals surface area contributed by atoms with E-state index >= 15 is 0 Å². The minimum atomic E-state index is -0.454. The number of fused-ring (bicyclic) bond motifs is 1. The Morgan fingerprint density at radius 2 is 2.00 bits per heavy atom. The molecule has 1 atom stereocenters. The van der Waals surface area contributed by atoms with E-state index in [2.05, 4.69) is 46.2 Å². The molecule has 1 aliphatic rings. The minimum Gasteiger partial charge on any atom is -0.365 e. The molecule has 0 bridgehead atoms. The fraction of sp³-hybridized carbons (Fsp3) is 0.263. The fourth-order valence-electron chi connectivity index (χ4n) is 3.53. The van der Waals surface area contributed by atoms with E-state index in [9.17, 15) is 4.79 Å². The van der Waals surface area contributed by atoms with Crippen LogP contribution in [0.2, 0.25) is 0 Å². The van der Waals surface area contributed by atoms with Crippen molar-refractivity contribution in [2.45, 2.75) is 6.04 Å². The quantitative estimate of drug-likeness (QED) is 0.794. The number of anilines is 1. The number of amides is 1. The second-order valence-electron chi connectivity index (χ2n) is 6.52. The number of primary amides is 1. The first-order valence-corrected chi connectivity index (χ1v) is 8.41. The summed E-state index contributed by atoms with van der Waals surface area (Å²) in [6.45, 7) is 2.87. The van der Waals surface area contributed by atoms with Crippen molar-refractivity contribution < 1.29 is 4.79 Å². The molecule has 2 aromatic heterocycles. The maximum absolute atomic E-state index is 11.6. The molecular formula is C19H21N5O. The molecule has 3 heterocycles. The lowest BCUT2D eigenvalue weighted by molar-refractivity contribution is 0.100. The molecule has 6 nitrogen and oxygen atoms in total. The number of pyridine rings is 1. The smallest absolute Gasteiger partial charge is 0.252 e. The first kappa shape index (κ1) is 15.7. The summed E-state index contributed by atoms with van der Waals surface area (Å²) in [7, 11) is 2.15. The van der Waals surface area contributed by atoms with Crippen LogP contribution in [0.5, 0.6) is 0 Å². The highest BCUT2D eigenvalue weighted by Crippen LogP contribution is 2.31. The van der Waals surface area contributed by atoms with Gasteiger partial charge in [-0.05, 0) is 24.7 Å². The van der Waals surface area contributed by atoms with Crippen molar-refractivity contribution in [1.82, 2.24) is 14.5 Å². The van der Waals surface area contributed by atoms with E-state index in [4.69, 9.17) is 5.73 Å². The first-order valence-electron chi connectivity index (χ1n) is 8.41.